The van der Waals surface area contributed by atoms with Crippen LogP contribution in [-0.4, -0.2) is 23.5 Å². The van der Waals surface area contributed by atoms with Crippen LogP contribution in [0.25, 0.3) is 22.1 Å². The predicted molar refractivity (Wildman–Crippen MR) is 268 cm³/mol. The third-order valence-corrected chi connectivity index (χ3v) is 14.6. The topological polar surface area (TPSA) is 74.3 Å². The fraction of sp³-hybridized carbons (Fsp3) is 0.150. The van der Waals surface area contributed by atoms with Crippen molar-refractivity contribution in [3.8, 4) is 11.1 Å². The molecule has 1 spiro atoms. The van der Waals surface area contributed by atoms with Gasteiger partial charge >= 0.3 is 0 Å². The second-order valence-corrected chi connectivity index (χ2v) is 18.8. The van der Waals surface area contributed by atoms with E-state index in [9.17, 15) is 0 Å². The van der Waals surface area contributed by atoms with Gasteiger partial charge in [0.15, 0.2) is 11.9 Å². The van der Waals surface area contributed by atoms with E-state index in [4.69, 9.17) is 19.4 Å². The van der Waals surface area contributed by atoms with Gasteiger partial charge in [0.1, 0.15) is 29.1 Å². The molecule has 66 heavy (non-hydrogen) atoms. The van der Waals surface area contributed by atoms with Gasteiger partial charge in [0.25, 0.3) is 0 Å². The minimum absolute atomic E-state index is 0.131. The van der Waals surface area contributed by atoms with Crippen molar-refractivity contribution in [3.05, 3.63) is 255 Å². The molecular weight excluding hydrogens is 807 g/mol. The molecule has 2 aliphatic heterocycles. The first kappa shape index (κ1) is 38.6. The van der Waals surface area contributed by atoms with Crippen molar-refractivity contribution < 1.29 is 4.42 Å². The van der Waals surface area contributed by atoms with Gasteiger partial charge in [0.2, 0.25) is 0 Å². The van der Waals surface area contributed by atoms with E-state index in [0.29, 0.717) is 0 Å². The number of hydrogen-bond acceptors (Lipinski definition) is 6. The summed E-state index contributed by atoms with van der Waals surface area (Å²) in [5.74, 6) is 2.55. The van der Waals surface area contributed by atoms with E-state index in [2.05, 4.69) is 201 Å². The predicted octanol–water partition coefficient (Wildman–Crippen LogP) is 13.0. The molecule has 6 nitrogen and oxygen atoms in total. The zero-order valence-electron chi connectivity index (χ0n) is 37.1. The Hall–Kier alpha value is -7.83. The molecule has 0 radical (unpaired) electrons. The summed E-state index contributed by atoms with van der Waals surface area (Å²) >= 11 is 0. The largest absolute Gasteiger partial charge is 0.452 e. The van der Waals surface area contributed by atoms with Gasteiger partial charge in [0.05, 0.1) is 11.1 Å². The zero-order valence-corrected chi connectivity index (χ0v) is 37.1. The molecule has 0 bridgehead atoms. The van der Waals surface area contributed by atoms with E-state index < -0.39 is 11.6 Å². The van der Waals surface area contributed by atoms with E-state index in [1.165, 1.54) is 50.1 Å². The SMILES string of the molecule is Cc1cccc(C2=NC(C3C=CC=CC3)N=C(c3cccc4c3-c3cc(C5N=C(c6ccccc6)c6oc7ccccc7c6N5)ccc3C43c4ccccc4C(C)(C)c4ccccc43)N2)c1. The Morgan fingerprint density at radius 2 is 1.29 bits per heavy atom. The Kier molecular flexibility index (Phi) is 8.54. The lowest BCUT2D eigenvalue weighted by Gasteiger charge is -2.46. The van der Waals surface area contributed by atoms with Gasteiger partial charge in [-0.3, -0.25) is 4.99 Å². The second-order valence-electron chi connectivity index (χ2n) is 18.8. The normalized spacial score (nSPS) is 20.2. The van der Waals surface area contributed by atoms with Crippen LogP contribution in [0.4, 0.5) is 5.69 Å². The maximum atomic E-state index is 6.57. The highest BCUT2D eigenvalue weighted by molar-refractivity contribution is 6.20. The first-order valence-electron chi connectivity index (χ1n) is 23.1. The Morgan fingerprint density at radius 1 is 0.591 bits per heavy atom. The van der Waals surface area contributed by atoms with Crippen LogP contribution < -0.4 is 10.6 Å². The lowest BCUT2D eigenvalue weighted by atomic mass is 9.55. The van der Waals surface area contributed by atoms with E-state index in [-0.39, 0.29) is 17.5 Å². The standard InChI is InChI=1S/C60H47N5O/c1-36-18-16-23-39(34-36)57-63-55(38-21-8-5-9-22-38)64-58(65-57)42-25-17-30-49-51(42)43-35-40(56-61-52(37-19-6-4-7-20-37)54-53(62-56)41-24-10-15-31-50(41)66-54)32-33-44(43)60(49)47-28-13-11-26-45(47)59(2,3)46-27-12-14-29-48(46)60/h4-21,23-35,38,55-56,62H,22H2,1-3H3,(H,63,64,65). The molecule has 0 amide bonds. The number of fused-ring (bicyclic) bond motifs is 12. The molecular formula is C60H47N5O. The third-order valence-electron chi connectivity index (χ3n) is 14.6. The van der Waals surface area contributed by atoms with Gasteiger partial charge in [-0.2, -0.15) is 0 Å². The minimum atomic E-state index is -0.604. The van der Waals surface area contributed by atoms with Crippen LogP contribution in [-0.2, 0) is 10.8 Å². The monoisotopic (exact) mass is 853 g/mol. The van der Waals surface area contributed by atoms with Crippen LogP contribution in [0, 0.1) is 12.8 Å². The lowest BCUT2D eigenvalue weighted by Crippen LogP contribution is -2.41. The first-order chi connectivity index (χ1) is 32.4. The fourth-order valence-corrected chi connectivity index (χ4v) is 11.6. The molecule has 1 aromatic heterocycles. The highest BCUT2D eigenvalue weighted by Gasteiger charge is 2.54. The van der Waals surface area contributed by atoms with Gasteiger partial charge in [-0.1, -0.05) is 183 Å². The van der Waals surface area contributed by atoms with Crippen molar-refractivity contribution in [2.24, 2.45) is 20.9 Å². The quantitative estimate of drug-likeness (QED) is 0.181. The number of benzene rings is 7. The number of amidine groups is 2. The number of para-hydroxylation sites is 1. The highest BCUT2D eigenvalue weighted by Crippen LogP contribution is 2.63. The molecule has 3 aliphatic carbocycles. The van der Waals surface area contributed by atoms with E-state index in [0.717, 1.165) is 68.5 Å². The van der Waals surface area contributed by atoms with Crippen molar-refractivity contribution in [1.29, 1.82) is 0 Å². The molecule has 8 aromatic rings. The number of nitrogens with one attached hydrogen (secondary N) is 2. The molecule has 7 aromatic carbocycles. The average molecular weight is 854 g/mol. The number of anilines is 1. The Bertz CT molecular complexity index is 3420. The summed E-state index contributed by atoms with van der Waals surface area (Å²) in [6.07, 6.45) is 8.92. The van der Waals surface area contributed by atoms with Crippen molar-refractivity contribution in [3.63, 3.8) is 0 Å². The van der Waals surface area contributed by atoms with Crippen molar-refractivity contribution >= 4 is 34.0 Å². The summed E-state index contributed by atoms with van der Waals surface area (Å²) in [7, 11) is 0. The number of rotatable bonds is 5. The van der Waals surface area contributed by atoms with E-state index >= 15 is 0 Å². The third kappa shape index (κ3) is 5.64. The molecule has 318 valence electrons. The number of aryl methyl sites for hydroxylation is 1. The highest BCUT2D eigenvalue weighted by atomic mass is 16.3. The van der Waals surface area contributed by atoms with Crippen LogP contribution >= 0.6 is 0 Å². The van der Waals surface area contributed by atoms with Crippen molar-refractivity contribution in [2.45, 2.75) is 50.4 Å². The first-order valence-corrected chi connectivity index (χ1v) is 23.1. The van der Waals surface area contributed by atoms with Gasteiger partial charge in [0, 0.05) is 33.4 Å². The van der Waals surface area contributed by atoms with Gasteiger partial charge < -0.3 is 15.1 Å². The number of hydrogen-bond donors (Lipinski definition) is 2. The summed E-state index contributed by atoms with van der Waals surface area (Å²) in [5, 5.41) is 8.73. The van der Waals surface area contributed by atoms with Gasteiger partial charge in [-0.25, -0.2) is 9.98 Å². The molecule has 5 aliphatic rings. The number of aliphatic imine (C=N–C) groups is 3. The summed E-state index contributed by atoms with van der Waals surface area (Å²) in [4.78, 5) is 16.4. The lowest BCUT2D eigenvalue weighted by molar-refractivity contribution is 0.517. The summed E-state index contributed by atoms with van der Waals surface area (Å²) in [6, 6.07) is 59.5. The smallest absolute Gasteiger partial charge is 0.177 e. The minimum Gasteiger partial charge on any atom is -0.452 e. The molecule has 0 saturated carbocycles. The maximum Gasteiger partial charge on any atom is 0.177 e. The van der Waals surface area contributed by atoms with Gasteiger partial charge in [-0.15, -0.1) is 0 Å². The van der Waals surface area contributed by atoms with Gasteiger partial charge in [-0.05, 0) is 87.7 Å². The molecule has 0 fully saturated rings. The van der Waals surface area contributed by atoms with Crippen molar-refractivity contribution in [1.82, 2.24) is 5.32 Å². The molecule has 13 rings (SSSR count). The Balaban J connectivity index is 1.06. The fourth-order valence-electron chi connectivity index (χ4n) is 11.6. The number of allylic oxidation sites excluding steroid dienone is 3. The molecule has 3 unspecified atom stereocenters. The van der Waals surface area contributed by atoms with E-state index in [1.807, 2.05) is 18.2 Å². The summed E-state index contributed by atoms with van der Waals surface area (Å²) < 4.78 is 6.57. The molecule has 0 saturated heterocycles. The van der Waals surface area contributed by atoms with Crippen LogP contribution in [0.15, 0.2) is 207 Å². The molecule has 3 heterocycles. The zero-order chi connectivity index (χ0) is 44.1. The summed E-state index contributed by atoms with van der Waals surface area (Å²) in [6.45, 7) is 6.89. The number of furan rings is 1. The van der Waals surface area contributed by atoms with Crippen LogP contribution in [0.2, 0.25) is 0 Å². The van der Waals surface area contributed by atoms with Crippen LogP contribution in [0.5, 0.6) is 0 Å². The Labute approximate surface area is 384 Å². The van der Waals surface area contributed by atoms with Crippen LogP contribution in [0.1, 0.15) is 93.4 Å². The van der Waals surface area contributed by atoms with E-state index in [1.54, 1.807) is 0 Å². The average Bonchev–Trinajstić information content (AvgIpc) is 3.90. The number of nitrogens with zero attached hydrogens (tertiary/aromatic N) is 3. The molecule has 2 N–H and O–H groups in total. The summed E-state index contributed by atoms with van der Waals surface area (Å²) in [5.41, 5.74) is 17.3. The maximum absolute atomic E-state index is 6.57. The van der Waals surface area contributed by atoms with Crippen molar-refractivity contribution in [2.75, 3.05) is 5.32 Å². The van der Waals surface area contributed by atoms with Crippen LogP contribution in [0.3, 0.4) is 0 Å². The molecule has 6 heteroatoms. The molecule has 3 atom stereocenters. The Morgan fingerprint density at radius 3 is 2.06 bits per heavy atom. The second kappa shape index (κ2) is 14.6.